The quantitative estimate of drug-likeness (QED) is 0.423. The standard InChI is InChI=1S/C23H19F3N2O3/c1-30-21-4-2-3-17(13-21)14-27-28-22(29)18-7-11-20(12-8-18)31-15-16-5-9-19(10-6-16)23(24,25)26/h2-14H,15H2,1H3,(H,28,29)/b27-14+. The van der Waals surface area contributed by atoms with Crippen molar-refractivity contribution < 1.29 is 27.4 Å². The summed E-state index contributed by atoms with van der Waals surface area (Å²) in [7, 11) is 1.56. The Morgan fingerprint density at radius 1 is 1.00 bits per heavy atom. The third kappa shape index (κ3) is 6.33. The zero-order valence-corrected chi connectivity index (χ0v) is 16.5. The molecule has 0 fully saturated rings. The summed E-state index contributed by atoms with van der Waals surface area (Å²) in [6.45, 7) is 0.106. The van der Waals surface area contributed by atoms with Gasteiger partial charge in [0.1, 0.15) is 18.1 Å². The van der Waals surface area contributed by atoms with Gasteiger partial charge in [0.2, 0.25) is 0 Å². The SMILES string of the molecule is COc1cccc(/C=N/NC(=O)c2ccc(OCc3ccc(C(F)(F)F)cc3)cc2)c1. The van der Waals surface area contributed by atoms with Gasteiger partial charge in [-0.15, -0.1) is 0 Å². The first-order valence-corrected chi connectivity index (χ1v) is 9.21. The predicted octanol–water partition coefficient (Wildman–Crippen LogP) is 5.06. The smallest absolute Gasteiger partial charge is 0.416 e. The first-order valence-electron chi connectivity index (χ1n) is 9.21. The number of rotatable bonds is 7. The monoisotopic (exact) mass is 428 g/mol. The second kappa shape index (κ2) is 9.80. The molecule has 1 N–H and O–H groups in total. The normalized spacial score (nSPS) is 11.4. The van der Waals surface area contributed by atoms with Crippen LogP contribution in [0.15, 0.2) is 77.9 Å². The van der Waals surface area contributed by atoms with Crippen molar-refractivity contribution in [1.82, 2.24) is 5.43 Å². The number of nitrogens with one attached hydrogen (secondary N) is 1. The van der Waals surface area contributed by atoms with E-state index in [1.807, 2.05) is 12.1 Å². The van der Waals surface area contributed by atoms with Crippen LogP contribution in [-0.2, 0) is 12.8 Å². The van der Waals surface area contributed by atoms with E-state index >= 15 is 0 Å². The average molecular weight is 428 g/mol. The van der Waals surface area contributed by atoms with Crippen LogP contribution in [-0.4, -0.2) is 19.2 Å². The molecule has 0 saturated carbocycles. The Hall–Kier alpha value is -3.81. The fraction of sp³-hybridized carbons (Fsp3) is 0.130. The lowest BCUT2D eigenvalue weighted by atomic mass is 10.1. The number of carbonyl (C=O) groups is 1. The number of amides is 1. The zero-order chi connectivity index (χ0) is 22.3. The Labute approximate surface area is 177 Å². The molecule has 0 spiro atoms. The van der Waals surface area contributed by atoms with E-state index in [4.69, 9.17) is 9.47 Å². The third-order valence-corrected chi connectivity index (χ3v) is 4.28. The van der Waals surface area contributed by atoms with E-state index in [2.05, 4.69) is 10.5 Å². The summed E-state index contributed by atoms with van der Waals surface area (Å²) in [6, 6.07) is 18.3. The number of hydrazone groups is 1. The maximum atomic E-state index is 12.6. The molecule has 0 saturated heterocycles. The van der Waals surface area contributed by atoms with Crippen molar-refractivity contribution >= 4 is 12.1 Å². The van der Waals surface area contributed by atoms with E-state index in [0.717, 1.165) is 17.7 Å². The maximum Gasteiger partial charge on any atom is 0.416 e. The van der Waals surface area contributed by atoms with E-state index in [1.54, 1.807) is 43.5 Å². The summed E-state index contributed by atoms with van der Waals surface area (Å²) < 4.78 is 48.5. The van der Waals surface area contributed by atoms with Crippen molar-refractivity contribution in [1.29, 1.82) is 0 Å². The van der Waals surface area contributed by atoms with Crippen LogP contribution >= 0.6 is 0 Å². The summed E-state index contributed by atoms with van der Waals surface area (Å²) in [6.07, 6.45) is -2.87. The molecule has 3 aromatic carbocycles. The lowest BCUT2D eigenvalue weighted by molar-refractivity contribution is -0.137. The summed E-state index contributed by atoms with van der Waals surface area (Å²) in [4.78, 5) is 12.2. The van der Waals surface area contributed by atoms with E-state index < -0.39 is 17.6 Å². The summed E-state index contributed by atoms with van der Waals surface area (Å²) in [5.74, 6) is 0.770. The Morgan fingerprint density at radius 3 is 2.35 bits per heavy atom. The zero-order valence-electron chi connectivity index (χ0n) is 16.5. The van der Waals surface area contributed by atoms with Crippen LogP contribution in [0.3, 0.4) is 0 Å². The lowest BCUT2D eigenvalue weighted by Crippen LogP contribution is -2.17. The Kier molecular flexibility index (Phi) is 6.92. The molecule has 160 valence electrons. The van der Waals surface area contributed by atoms with Crippen LogP contribution < -0.4 is 14.9 Å². The van der Waals surface area contributed by atoms with Gasteiger partial charge in [0.05, 0.1) is 18.9 Å². The van der Waals surface area contributed by atoms with Gasteiger partial charge >= 0.3 is 6.18 Å². The maximum absolute atomic E-state index is 12.6. The minimum absolute atomic E-state index is 0.106. The van der Waals surface area contributed by atoms with E-state index in [-0.39, 0.29) is 6.61 Å². The molecule has 0 radical (unpaired) electrons. The molecule has 0 unspecified atom stereocenters. The molecule has 0 aliphatic carbocycles. The second-order valence-electron chi connectivity index (χ2n) is 6.48. The Morgan fingerprint density at radius 2 is 1.71 bits per heavy atom. The topological polar surface area (TPSA) is 59.9 Å². The molecule has 1 amide bonds. The van der Waals surface area contributed by atoms with Gasteiger partial charge in [-0.3, -0.25) is 4.79 Å². The highest BCUT2D eigenvalue weighted by molar-refractivity contribution is 5.95. The number of carbonyl (C=O) groups excluding carboxylic acids is 1. The number of alkyl halides is 3. The fourth-order valence-electron chi connectivity index (χ4n) is 2.61. The molecule has 5 nitrogen and oxygen atoms in total. The molecule has 31 heavy (non-hydrogen) atoms. The van der Waals surface area contributed by atoms with Crippen LogP contribution in [0.1, 0.15) is 27.0 Å². The van der Waals surface area contributed by atoms with Crippen molar-refractivity contribution in [3.05, 3.63) is 95.1 Å². The second-order valence-corrected chi connectivity index (χ2v) is 6.48. The number of benzene rings is 3. The highest BCUT2D eigenvalue weighted by Crippen LogP contribution is 2.29. The van der Waals surface area contributed by atoms with E-state index in [1.165, 1.54) is 18.3 Å². The van der Waals surface area contributed by atoms with Gasteiger partial charge in [0, 0.05) is 5.56 Å². The largest absolute Gasteiger partial charge is 0.497 e. The molecular weight excluding hydrogens is 409 g/mol. The molecule has 0 aliphatic rings. The third-order valence-electron chi connectivity index (χ3n) is 4.28. The van der Waals surface area contributed by atoms with Crippen LogP contribution in [0.4, 0.5) is 13.2 Å². The van der Waals surface area contributed by atoms with Gasteiger partial charge in [0.25, 0.3) is 5.91 Å². The van der Waals surface area contributed by atoms with Crippen LogP contribution in [0.25, 0.3) is 0 Å². The van der Waals surface area contributed by atoms with Crippen molar-refractivity contribution in [2.45, 2.75) is 12.8 Å². The summed E-state index contributed by atoms with van der Waals surface area (Å²) in [5, 5.41) is 3.92. The average Bonchev–Trinajstić information content (AvgIpc) is 2.78. The van der Waals surface area contributed by atoms with Crippen molar-refractivity contribution in [2.24, 2.45) is 5.10 Å². The van der Waals surface area contributed by atoms with Gasteiger partial charge < -0.3 is 9.47 Å². The molecule has 0 heterocycles. The first kappa shape index (κ1) is 21.9. The van der Waals surface area contributed by atoms with Crippen molar-refractivity contribution in [2.75, 3.05) is 7.11 Å². The van der Waals surface area contributed by atoms with Gasteiger partial charge in [-0.25, -0.2) is 5.43 Å². The predicted molar refractivity (Wildman–Crippen MR) is 110 cm³/mol. The summed E-state index contributed by atoms with van der Waals surface area (Å²) in [5.41, 5.74) is 3.48. The summed E-state index contributed by atoms with van der Waals surface area (Å²) >= 11 is 0. The number of hydrogen-bond donors (Lipinski definition) is 1. The molecule has 3 aromatic rings. The number of methoxy groups -OCH3 is 1. The van der Waals surface area contributed by atoms with E-state index in [9.17, 15) is 18.0 Å². The molecule has 0 bridgehead atoms. The molecule has 3 rings (SSSR count). The number of ether oxygens (including phenoxy) is 2. The minimum Gasteiger partial charge on any atom is -0.497 e. The van der Waals surface area contributed by atoms with Gasteiger partial charge in [-0.2, -0.15) is 18.3 Å². The van der Waals surface area contributed by atoms with Crippen LogP contribution in [0, 0.1) is 0 Å². The lowest BCUT2D eigenvalue weighted by Gasteiger charge is -2.09. The number of halogens is 3. The fourth-order valence-corrected chi connectivity index (χ4v) is 2.61. The Balaban J connectivity index is 1.52. The number of nitrogens with zero attached hydrogens (tertiary/aromatic N) is 1. The highest BCUT2D eigenvalue weighted by atomic mass is 19.4. The minimum atomic E-state index is -4.37. The molecular formula is C23H19F3N2O3. The molecule has 0 aromatic heterocycles. The van der Waals surface area contributed by atoms with Gasteiger partial charge in [0.15, 0.2) is 0 Å². The van der Waals surface area contributed by atoms with Crippen LogP contribution in [0.5, 0.6) is 11.5 Å². The van der Waals surface area contributed by atoms with Crippen molar-refractivity contribution in [3.63, 3.8) is 0 Å². The van der Waals surface area contributed by atoms with Gasteiger partial charge in [-0.1, -0.05) is 24.3 Å². The molecule has 8 heteroatoms. The van der Waals surface area contributed by atoms with Gasteiger partial charge in [-0.05, 0) is 59.7 Å². The van der Waals surface area contributed by atoms with Crippen LogP contribution in [0.2, 0.25) is 0 Å². The highest BCUT2D eigenvalue weighted by Gasteiger charge is 2.29. The molecule has 0 aliphatic heterocycles. The van der Waals surface area contributed by atoms with Crippen molar-refractivity contribution in [3.8, 4) is 11.5 Å². The number of hydrogen-bond acceptors (Lipinski definition) is 4. The Bertz CT molecular complexity index is 1050. The first-order chi connectivity index (χ1) is 14.8. The van der Waals surface area contributed by atoms with E-state index in [0.29, 0.717) is 22.6 Å². The molecule has 0 atom stereocenters.